The van der Waals surface area contributed by atoms with Gasteiger partial charge in [0, 0.05) is 6.42 Å². The zero-order valence-corrected chi connectivity index (χ0v) is 47.3. The number of hydrogen-bond acceptors (Lipinski definition) is 5. The molecule has 3 unspecified atom stereocenters. The number of aliphatic hydroxyl groups excluding tert-OH is 1. The fourth-order valence-electron chi connectivity index (χ4n) is 7.72. The third-order valence-corrected chi connectivity index (χ3v) is 13.2. The molecule has 408 valence electrons. The second-order valence-corrected chi connectivity index (χ2v) is 21.7. The summed E-state index contributed by atoms with van der Waals surface area (Å²) in [6.07, 6.45) is 76.1. The predicted molar refractivity (Wildman–Crippen MR) is 309 cm³/mol. The Hall–Kier alpha value is -2.84. The number of hydrogen-bond donors (Lipinski definition) is 3. The van der Waals surface area contributed by atoms with Gasteiger partial charge in [-0.15, -0.1) is 0 Å². The molecular formula is C62H110N2O6P+. The number of unbranched alkanes of at least 4 members (excludes halogenated alkanes) is 22. The van der Waals surface area contributed by atoms with Crippen LogP contribution in [0.4, 0.5) is 0 Å². The van der Waals surface area contributed by atoms with Crippen molar-refractivity contribution in [1.29, 1.82) is 0 Å². The molecule has 3 N–H and O–H groups in total. The zero-order chi connectivity index (χ0) is 52.0. The molecule has 0 rings (SSSR count). The van der Waals surface area contributed by atoms with E-state index in [0.29, 0.717) is 17.4 Å². The van der Waals surface area contributed by atoms with E-state index in [1.807, 2.05) is 27.2 Å². The number of amides is 1. The van der Waals surface area contributed by atoms with E-state index in [4.69, 9.17) is 9.05 Å². The lowest BCUT2D eigenvalue weighted by Gasteiger charge is -2.25. The number of nitrogens with zero attached hydrogens (tertiary/aromatic N) is 1. The molecule has 0 saturated carbocycles. The Morgan fingerprint density at radius 3 is 1.30 bits per heavy atom. The van der Waals surface area contributed by atoms with Gasteiger partial charge in [-0.25, -0.2) is 4.57 Å². The van der Waals surface area contributed by atoms with Gasteiger partial charge in [0.15, 0.2) is 0 Å². The standard InChI is InChI=1S/C62H109N2O6P/c1-6-8-10-12-14-16-18-20-22-24-26-28-30-31-32-33-34-36-38-40-42-44-46-48-50-52-54-56-62(66)63-60(59-70-71(67,68)69-58-57-64(3,4)5)61(65)55-53-51-49-47-45-43-41-39-37-35-29-27-25-23-21-19-17-15-13-11-9-7-2/h8,10,14,16,20,22,26,28,31-32,34,36-37,39,45,47,53,55,60-61,65H,6-7,9,11-13,15,17-19,21,23-25,27,29-30,33,35,38,40-44,46,48-52,54,56-59H2,1-5H3,(H-,63,66,67,68)/p+1/b10-8-,16-14-,22-20-,28-26-,32-31-,36-34-,39-37+,47-45+,55-53+. The summed E-state index contributed by atoms with van der Waals surface area (Å²) < 4.78 is 23.7. The molecule has 0 spiro atoms. The molecule has 0 radical (unpaired) electrons. The van der Waals surface area contributed by atoms with Gasteiger partial charge in [-0.3, -0.25) is 13.8 Å². The van der Waals surface area contributed by atoms with Crippen LogP contribution in [0.5, 0.6) is 0 Å². The minimum atomic E-state index is -4.37. The molecule has 0 aromatic carbocycles. The van der Waals surface area contributed by atoms with Crippen molar-refractivity contribution < 1.29 is 32.9 Å². The SMILES string of the molecule is CC/C=C\C/C=C\C/C=C\C/C=C\C/C=C\C/C=C\CCCCCCCCCCC(=O)NC(COP(=O)(O)OCC[N+](C)(C)C)C(O)/C=C/CC/C=C/CC/C=C/CCCCCCCCCCCCCC. The molecule has 9 heteroatoms. The minimum Gasteiger partial charge on any atom is -0.387 e. The van der Waals surface area contributed by atoms with E-state index in [9.17, 15) is 19.4 Å². The molecule has 0 aliphatic heterocycles. The van der Waals surface area contributed by atoms with Crippen molar-refractivity contribution in [2.45, 2.75) is 238 Å². The Morgan fingerprint density at radius 2 is 0.859 bits per heavy atom. The predicted octanol–water partition coefficient (Wildman–Crippen LogP) is 17.6. The molecule has 3 atom stereocenters. The second-order valence-electron chi connectivity index (χ2n) is 20.3. The number of allylic oxidation sites excluding steroid dienone is 17. The first-order chi connectivity index (χ1) is 34.5. The number of carbonyl (C=O) groups excluding carboxylic acids is 1. The van der Waals surface area contributed by atoms with E-state index in [2.05, 4.69) is 116 Å². The highest BCUT2D eigenvalue weighted by Gasteiger charge is 2.27. The molecule has 0 saturated heterocycles. The van der Waals surface area contributed by atoms with Gasteiger partial charge in [0.25, 0.3) is 0 Å². The molecule has 0 aromatic heterocycles. The minimum absolute atomic E-state index is 0.0460. The summed E-state index contributed by atoms with van der Waals surface area (Å²) in [4.78, 5) is 23.3. The summed E-state index contributed by atoms with van der Waals surface area (Å²) in [5.74, 6) is -0.203. The summed E-state index contributed by atoms with van der Waals surface area (Å²) in [6, 6.07) is -0.883. The monoisotopic (exact) mass is 1010 g/mol. The van der Waals surface area contributed by atoms with E-state index in [1.54, 1.807) is 6.08 Å². The molecule has 71 heavy (non-hydrogen) atoms. The van der Waals surface area contributed by atoms with Crippen LogP contribution in [0.15, 0.2) is 109 Å². The molecule has 0 aliphatic rings. The number of phosphoric acid groups is 1. The van der Waals surface area contributed by atoms with Crippen LogP contribution in [0, 0.1) is 0 Å². The second kappa shape index (κ2) is 52.0. The fraction of sp³-hybridized carbons (Fsp3) is 0.694. The van der Waals surface area contributed by atoms with Crippen molar-refractivity contribution in [1.82, 2.24) is 5.32 Å². The van der Waals surface area contributed by atoms with Gasteiger partial charge in [-0.1, -0.05) is 232 Å². The van der Waals surface area contributed by atoms with E-state index in [1.165, 1.54) is 109 Å². The highest BCUT2D eigenvalue weighted by Crippen LogP contribution is 2.43. The lowest BCUT2D eigenvalue weighted by molar-refractivity contribution is -0.870. The van der Waals surface area contributed by atoms with E-state index in [0.717, 1.165) is 96.3 Å². The molecule has 0 bridgehead atoms. The maximum absolute atomic E-state index is 13.0. The Balaban J connectivity index is 4.34. The average molecular weight is 1010 g/mol. The van der Waals surface area contributed by atoms with Crippen molar-refractivity contribution in [2.75, 3.05) is 40.9 Å². The lowest BCUT2D eigenvalue weighted by atomic mass is 10.0. The van der Waals surface area contributed by atoms with Crippen molar-refractivity contribution in [3.63, 3.8) is 0 Å². The van der Waals surface area contributed by atoms with E-state index in [-0.39, 0.29) is 19.1 Å². The number of phosphoric ester groups is 1. The van der Waals surface area contributed by atoms with Crippen molar-refractivity contribution >= 4 is 13.7 Å². The highest BCUT2D eigenvalue weighted by atomic mass is 31.2. The van der Waals surface area contributed by atoms with Gasteiger partial charge in [0.05, 0.1) is 39.9 Å². The summed E-state index contributed by atoms with van der Waals surface area (Å²) in [7, 11) is 1.53. The first-order valence-corrected chi connectivity index (χ1v) is 30.3. The Labute approximate surface area is 438 Å². The molecule has 0 heterocycles. The number of likely N-dealkylation sites (N-methyl/N-ethyl adjacent to an activating group) is 1. The molecular weight excluding hydrogens is 900 g/mol. The largest absolute Gasteiger partial charge is 0.472 e. The molecule has 0 aliphatic carbocycles. The normalized spacial score (nSPS) is 14.7. The molecule has 8 nitrogen and oxygen atoms in total. The summed E-state index contributed by atoms with van der Waals surface area (Å²) in [5.41, 5.74) is 0. The Morgan fingerprint density at radius 1 is 0.493 bits per heavy atom. The van der Waals surface area contributed by atoms with Crippen molar-refractivity contribution in [3.05, 3.63) is 109 Å². The van der Waals surface area contributed by atoms with Crippen molar-refractivity contribution in [3.8, 4) is 0 Å². The fourth-order valence-corrected chi connectivity index (χ4v) is 8.46. The maximum atomic E-state index is 13.0. The van der Waals surface area contributed by atoms with Crippen LogP contribution in [0.2, 0.25) is 0 Å². The third-order valence-electron chi connectivity index (χ3n) is 12.2. The van der Waals surface area contributed by atoms with Crippen LogP contribution in [0.3, 0.4) is 0 Å². The van der Waals surface area contributed by atoms with Gasteiger partial charge in [-0.05, 0) is 96.3 Å². The molecule has 0 fully saturated rings. The van der Waals surface area contributed by atoms with Crippen LogP contribution >= 0.6 is 7.82 Å². The third kappa shape index (κ3) is 54.8. The highest BCUT2D eigenvalue weighted by molar-refractivity contribution is 7.47. The van der Waals surface area contributed by atoms with Crippen LogP contribution < -0.4 is 5.32 Å². The Kier molecular flexibility index (Phi) is 50.0. The number of aliphatic hydroxyl groups is 1. The molecule has 1 amide bonds. The van der Waals surface area contributed by atoms with Crippen LogP contribution in [0.25, 0.3) is 0 Å². The quantitative estimate of drug-likeness (QED) is 0.0243. The molecule has 0 aromatic rings. The topological polar surface area (TPSA) is 105 Å². The van der Waals surface area contributed by atoms with Crippen molar-refractivity contribution in [2.24, 2.45) is 0 Å². The van der Waals surface area contributed by atoms with E-state index >= 15 is 0 Å². The average Bonchev–Trinajstić information content (AvgIpc) is 3.33. The number of nitrogens with one attached hydrogen (secondary N) is 1. The smallest absolute Gasteiger partial charge is 0.387 e. The zero-order valence-electron chi connectivity index (χ0n) is 46.4. The number of quaternary nitrogens is 1. The van der Waals surface area contributed by atoms with Gasteiger partial charge in [0.1, 0.15) is 13.2 Å². The summed E-state index contributed by atoms with van der Waals surface area (Å²) in [5, 5.41) is 13.9. The van der Waals surface area contributed by atoms with Gasteiger partial charge in [-0.2, -0.15) is 0 Å². The first-order valence-electron chi connectivity index (χ1n) is 28.8. The summed E-state index contributed by atoms with van der Waals surface area (Å²) >= 11 is 0. The lowest BCUT2D eigenvalue weighted by Crippen LogP contribution is -2.45. The van der Waals surface area contributed by atoms with Gasteiger partial charge in [0.2, 0.25) is 5.91 Å². The van der Waals surface area contributed by atoms with Crippen LogP contribution in [-0.2, 0) is 18.4 Å². The Bertz CT molecular complexity index is 1520. The van der Waals surface area contributed by atoms with Crippen LogP contribution in [-0.4, -0.2) is 73.4 Å². The number of carbonyl (C=O) groups is 1. The first kappa shape index (κ1) is 68.2. The van der Waals surface area contributed by atoms with Gasteiger partial charge < -0.3 is 19.8 Å². The maximum Gasteiger partial charge on any atom is 0.472 e. The summed E-state index contributed by atoms with van der Waals surface area (Å²) in [6.45, 7) is 4.66. The van der Waals surface area contributed by atoms with Crippen LogP contribution in [0.1, 0.15) is 226 Å². The van der Waals surface area contributed by atoms with Gasteiger partial charge >= 0.3 is 7.82 Å². The number of rotatable bonds is 51. The van der Waals surface area contributed by atoms with E-state index < -0.39 is 20.0 Å².